The molecule has 13 nitrogen and oxygen atoms in total. The first kappa shape index (κ1) is 35.9. The second-order valence-corrected chi connectivity index (χ2v) is 12.9. The summed E-state index contributed by atoms with van der Waals surface area (Å²) in [5, 5.41) is 22.3. The van der Waals surface area contributed by atoms with Crippen molar-refractivity contribution in [3.8, 4) is 5.75 Å². The Morgan fingerprint density at radius 1 is 1.08 bits per heavy atom. The molecule has 3 atom stereocenters. The minimum absolute atomic E-state index is 0.0345. The maximum atomic E-state index is 13.6. The monoisotopic (exact) mass is 683 g/mol. The van der Waals surface area contributed by atoms with Gasteiger partial charge in [0.1, 0.15) is 23.2 Å². The highest BCUT2D eigenvalue weighted by atomic mass is 16.5. The Morgan fingerprint density at radius 3 is 2.50 bits per heavy atom. The number of anilines is 4. The first-order valence-corrected chi connectivity index (χ1v) is 16.6. The van der Waals surface area contributed by atoms with Gasteiger partial charge in [-0.15, -0.1) is 0 Å². The lowest BCUT2D eigenvalue weighted by atomic mass is 10.0. The number of amides is 4. The number of urea groups is 1. The standard InChI is InChI=1S/C37H45N7O6/c1-22-18-44(23(2)21-45)34(46)17-28-16-29(39-37(48)41-35-24(3)42-50-25(35)4)14-15-32(28)49-33(22)20-43(5)19-26-10-12-27(13-11-26)36(47)40-31-9-7-6-8-30(31)38/h6-16,22-23,33,45H,17-21,38H2,1-5H3,(H,40,47)(H2,39,41,48)/t22-,23-,33-/m0/s1. The molecule has 0 fully saturated rings. The number of likely N-dealkylation sites (N-methyl/N-ethyl adjacent to an activating group) is 1. The number of carbonyl (C=O) groups is 3. The Hall–Kier alpha value is -5.40. The van der Waals surface area contributed by atoms with Gasteiger partial charge in [0.25, 0.3) is 5.91 Å². The molecular formula is C37H45N7O6. The molecule has 2 heterocycles. The third-order valence-corrected chi connectivity index (χ3v) is 8.82. The van der Waals surface area contributed by atoms with Gasteiger partial charge < -0.3 is 41.0 Å². The van der Waals surface area contributed by atoms with Crippen molar-refractivity contribution in [1.29, 1.82) is 0 Å². The number of aliphatic hydroxyl groups excluding tert-OH is 1. The Labute approximate surface area is 291 Å². The third kappa shape index (κ3) is 8.79. The van der Waals surface area contributed by atoms with Crippen LogP contribution in [-0.4, -0.2) is 76.8 Å². The summed E-state index contributed by atoms with van der Waals surface area (Å²) in [6.07, 6.45) is -0.284. The van der Waals surface area contributed by atoms with E-state index in [1.807, 2.05) is 45.2 Å². The molecule has 1 aliphatic heterocycles. The molecule has 1 aliphatic rings. The molecule has 0 radical (unpaired) electrons. The molecule has 1 aromatic heterocycles. The molecule has 4 aromatic rings. The van der Waals surface area contributed by atoms with Crippen LogP contribution in [0.2, 0.25) is 0 Å². The number of hydrogen-bond acceptors (Lipinski definition) is 9. The van der Waals surface area contributed by atoms with Gasteiger partial charge in [-0.3, -0.25) is 14.5 Å². The van der Waals surface area contributed by atoms with E-state index in [4.69, 9.17) is 15.0 Å². The molecule has 0 aliphatic carbocycles. The van der Waals surface area contributed by atoms with Gasteiger partial charge in [-0.1, -0.05) is 36.3 Å². The maximum absolute atomic E-state index is 13.6. The van der Waals surface area contributed by atoms with Crippen molar-refractivity contribution in [2.45, 2.75) is 52.8 Å². The Kier molecular flexibility index (Phi) is 11.4. The first-order valence-electron chi connectivity index (χ1n) is 16.6. The number of aliphatic hydroxyl groups is 1. The molecule has 6 N–H and O–H groups in total. The fourth-order valence-electron chi connectivity index (χ4n) is 5.91. The van der Waals surface area contributed by atoms with Crippen molar-refractivity contribution in [3.63, 3.8) is 0 Å². The quantitative estimate of drug-likeness (QED) is 0.143. The number of carbonyl (C=O) groups excluding carboxylic acids is 3. The summed E-state index contributed by atoms with van der Waals surface area (Å²) in [5.74, 6) is 0.562. The Bertz CT molecular complexity index is 1810. The number of nitrogens with zero attached hydrogens (tertiary/aromatic N) is 3. The minimum atomic E-state index is -0.479. The number of rotatable bonds is 10. The Morgan fingerprint density at radius 2 is 1.82 bits per heavy atom. The van der Waals surface area contributed by atoms with Crippen molar-refractivity contribution in [2.75, 3.05) is 48.4 Å². The summed E-state index contributed by atoms with van der Waals surface area (Å²) < 4.78 is 11.8. The average molecular weight is 684 g/mol. The zero-order valence-electron chi connectivity index (χ0n) is 29.0. The molecule has 0 bridgehead atoms. The molecule has 50 heavy (non-hydrogen) atoms. The van der Waals surface area contributed by atoms with Gasteiger partial charge in [0, 0.05) is 42.4 Å². The van der Waals surface area contributed by atoms with Crippen molar-refractivity contribution in [3.05, 3.63) is 94.9 Å². The number of fused-ring (bicyclic) bond motifs is 1. The predicted molar refractivity (Wildman–Crippen MR) is 192 cm³/mol. The van der Waals surface area contributed by atoms with E-state index < -0.39 is 6.03 Å². The number of aromatic nitrogens is 1. The van der Waals surface area contributed by atoms with Crippen molar-refractivity contribution >= 4 is 40.6 Å². The van der Waals surface area contributed by atoms with E-state index in [9.17, 15) is 19.5 Å². The van der Waals surface area contributed by atoms with Crippen LogP contribution in [0.15, 0.2) is 71.3 Å². The second kappa shape index (κ2) is 15.9. The number of aryl methyl sites for hydroxylation is 2. The van der Waals surface area contributed by atoms with Crippen LogP contribution in [0.4, 0.5) is 27.5 Å². The number of nitrogen functional groups attached to an aromatic ring is 1. The lowest BCUT2D eigenvalue weighted by Crippen LogP contribution is -2.47. The minimum Gasteiger partial charge on any atom is -0.488 e. The van der Waals surface area contributed by atoms with E-state index in [2.05, 4.69) is 26.0 Å². The average Bonchev–Trinajstić information content (AvgIpc) is 3.42. The van der Waals surface area contributed by atoms with Crippen LogP contribution < -0.4 is 26.4 Å². The number of benzene rings is 3. The molecule has 0 saturated heterocycles. The van der Waals surface area contributed by atoms with Crippen LogP contribution in [0.1, 0.15) is 46.8 Å². The van der Waals surface area contributed by atoms with Gasteiger partial charge in [-0.05, 0) is 75.8 Å². The molecular weight excluding hydrogens is 638 g/mol. The molecule has 0 spiro atoms. The number of nitrogens with two attached hydrogens (primary N) is 1. The van der Waals surface area contributed by atoms with Crippen LogP contribution in [0.25, 0.3) is 0 Å². The molecule has 264 valence electrons. The van der Waals surface area contributed by atoms with Gasteiger partial charge in [0.05, 0.1) is 30.4 Å². The predicted octanol–water partition coefficient (Wildman–Crippen LogP) is 5.05. The van der Waals surface area contributed by atoms with E-state index in [0.717, 1.165) is 5.56 Å². The summed E-state index contributed by atoms with van der Waals surface area (Å²) in [6.45, 7) is 8.65. The van der Waals surface area contributed by atoms with E-state index >= 15 is 0 Å². The molecule has 0 unspecified atom stereocenters. The summed E-state index contributed by atoms with van der Waals surface area (Å²) in [6, 6.07) is 18.9. The molecule has 0 saturated carbocycles. The summed E-state index contributed by atoms with van der Waals surface area (Å²) in [7, 11) is 1.99. The highest BCUT2D eigenvalue weighted by molar-refractivity contribution is 6.05. The summed E-state index contributed by atoms with van der Waals surface area (Å²) >= 11 is 0. The molecule has 4 amide bonds. The van der Waals surface area contributed by atoms with E-state index in [0.29, 0.717) is 70.7 Å². The highest BCUT2D eigenvalue weighted by Crippen LogP contribution is 2.30. The molecule has 5 rings (SSSR count). The van der Waals surface area contributed by atoms with Gasteiger partial charge in [-0.2, -0.15) is 0 Å². The van der Waals surface area contributed by atoms with Crippen LogP contribution >= 0.6 is 0 Å². The van der Waals surface area contributed by atoms with Gasteiger partial charge >= 0.3 is 6.03 Å². The highest BCUT2D eigenvalue weighted by Gasteiger charge is 2.31. The van der Waals surface area contributed by atoms with Gasteiger partial charge in [-0.25, -0.2) is 4.79 Å². The largest absolute Gasteiger partial charge is 0.488 e. The van der Waals surface area contributed by atoms with E-state index in [1.165, 1.54) is 0 Å². The number of para-hydroxylation sites is 2. The van der Waals surface area contributed by atoms with Crippen molar-refractivity contribution in [1.82, 2.24) is 15.0 Å². The SMILES string of the molecule is Cc1noc(C)c1NC(=O)Nc1ccc2c(c1)CC(=O)N([C@@H](C)CO)C[C@H](C)[C@H](CN(C)Cc1ccc(C(=O)Nc3ccccc3N)cc1)O2. The van der Waals surface area contributed by atoms with Crippen molar-refractivity contribution in [2.24, 2.45) is 5.92 Å². The zero-order valence-corrected chi connectivity index (χ0v) is 29.0. The zero-order chi connectivity index (χ0) is 35.9. The lowest BCUT2D eigenvalue weighted by Gasteiger charge is -2.34. The van der Waals surface area contributed by atoms with Crippen molar-refractivity contribution < 1.29 is 28.8 Å². The second-order valence-electron chi connectivity index (χ2n) is 12.9. The number of ether oxygens (including phenoxy) is 1. The molecule has 13 heteroatoms. The van der Waals surface area contributed by atoms with Crippen LogP contribution in [0, 0.1) is 19.8 Å². The first-order chi connectivity index (χ1) is 23.9. The fourth-order valence-corrected chi connectivity index (χ4v) is 5.91. The smallest absolute Gasteiger partial charge is 0.323 e. The van der Waals surface area contributed by atoms with Gasteiger partial charge in [0.15, 0.2) is 5.76 Å². The maximum Gasteiger partial charge on any atom is 0.323 e. The third-order valence-electron chi connectivity index (χ3n) is 8.82. The van der Waals surface area contributed by atoms with Gasteiger partial charge in [0.2, 0.25) is 5.91 Å². The van der Waals surface area contributed by atoms with Crippen LogP contribution in [0.3, 0.4) is 0 Å². The topological polar surface area (TPSA) is 175 Å². The van der Waals surface area contributed by atoms with Crippen LogP contribution in [-0.2, 0) is 17.8 Å². The number of hydrogen-bond donors (Lipinski definition) is 5. The van der Waals surface area contributed by atoms with E-state index in [-0.39, 0.29) is 42.9 Å². The molecule has 3 aromatic carbocycles. The summed E-state index contributed by atoms with van der Waals surface area (Å²) in [4.78, 5) is 43.1. The number of nitrogens with one attached hydrogen (secondary N) is 3. The normalized spacial score (nSPS) is 16.8. The fraction of sp³-hybridized carbons (Fsp3) is 0.351. The summed E-state index contributed by atoms with van der Waals surface area (Å²) in [5.41, 5.74) is 10.7. The van der Waals surface area contributed by atoms with E-state index in [1.54, 1.807) is 61.2 Å². The Balaban J connectivity index is 1.30. The lowest BCUT2D eigenvalue weighted by molar-refractivity contribution is -0.134. The van der Waals surface area contributed by atoms with Crippen LogP contribution in [0.5, 0.6) is 5.75 Å².